The Morgan fingerprint density at radius 1 is 1.16 bits per heavy atom. The molecule has 0 bridgehead atoms. The third-order valence-corrected chi connectivity index (χ3v) is 7.36. The van der Waals surface area contributed by atoms with Crippen molar-refractivity contribution in [3.05, 3.63) is 58.1 Å². The number of hydrogen-bond donors (Lipinski definition) is 2. The molecule has 1 saturated heterocycles. The van der Waals surface area contributed by atoms with E-state index in [1.165, 1.54) is 0 Å². The Labute approximate surface area is 194 Å². The lowest BCUT2D eigenvalue weighted by Crippen LogP contribution is -2.41. The molecule has 2 aromatic rings. The summed E-state index contributed by atoms with van der Waals surface area (Å²) in [5, 5.41) is 3.74. The van der Waals surface area contributed by atoms with Crippen LogP contribution in [-0.4, -0.2) is 45.4 Å². The van der Waals surface area contributed by atoms with Crippen molar-refractivity contribution in [2.45, 2.75) is 31.1 Å². The monoisotopic (exact) mass is 483 g/mol. The molecule has 0 aromatic heterocycles. The van der Waals surface area contributed by atoms with Crippen molar-refractivity contribution in [3.8, 4) is 0 Å². The number of hydrogen-bond acceptors (Lipinski definition) is 4. The molecular formula is C22H27Cl2N3O3S. The number of nitrogens with zero attached hydrogens (tertiary/aromatic N) is 1. The van der Waals surface area contributed by atoms with E-state index in [1.54, 1.807) is 42.5 Å². The maximum absolute atomic E-state index is 12.5. The van der Waals surface area contributed by atoms with Gasteiger partial charge in [-0.15, -0.1) is 0 Å². The van der Waals surface area contributed by atoms with Crippen molar-refractivity contribution in [1.29, 1.82) is 0 Å². The van der Waals surface area contributed by atoms with Crippen molar-refractivity contribution in [3.63, 3.8) is 0 Å². The van der Waals surface area contributed by atoms with Crippen LogP contribution in [0.5, 0.6) is 0 Å². The predicted octanol–water partition coefficient (Wildman–Crippen LogP) is 4.32. The molecule has 1 heterocycles. The second kappa shape index (κ2) is 10.8. The Hall–Kier alpha value is -1.64. The lowest BCUT2D eigenvalue weighted by atomic mass is 9.98. The fraction of sp³-hybridized carbons (Fsp3) is 0.409. The van der Waals surface area contributed by atoms with Crippen LogP contribution < -0.4 is 10.0 Å². The first-order valence-electron chi connectivity index (χ1n) is 10.3. The average Bonchev–Trinajstić information content (AvgIpc) is 2.74. The van der Waals surface area contributed by atoms with E-state index < -0.39 is 10.0 Å². The first-order valence-corrected chi connectivity index (χ1v) is 12.5. The first kappa shape index (κ1) is 24.0. The van der Waals surface area contributed by atoms with Crippen LogP contribution in [-0.2, 0) is 14.8 Å². The highest BCUT2D eigenvalue weighted by Gasteiger charge is 2.23. The van der Waals surface area contributed by atoms with Crippen LogP contribution in [0, 0.1) is 12.8 Å². The number of carbonyl (C=O) groups excluding carboxylic acids is 1. The minimum absolute atomic E-state index is 0.133. The molecule has 0 spiro atoms. The van der Waals surface area contributed by atoms with Crippen molar-refractivity contribution in [2.24, 2.45) is 5.92 Å². The number of rotatable bonds is 8. The third-order valence-electron chi connectivity index (χ3n) is 5.35. The lowest BCUT2D eigenvalue weighted by Gasteiger charge is -2.32. The van der Waals surface area contributed by atoms with Gasteiger partial charge in [-0.25, -0.2) is 13.1 Å². The number of piperidine rings is 1. The van der Waals surface area contributed by atoms with Crippen LogP contribution in [0.15, 0.2) is 47.4 Å². The number of sulfonamides is 1. The summed E-state index contributed by atoms with van der Waals surface area (Å²) in [5.74, 6) is 0.0748. The Bertz CT molecular complexity index is 1010. The van der Waals surface area contributed by atoms with Crippen LogP contribution in [0.4, 0.5) is 5.69 Å². The number of anilines is 1. The molecule has 0 radical (unpaired) electrons. The summed E-state index contributed by atoms with van der Waals surface area (Å²) in [6.07, 6.45) is 2.25. The third kappa shape index (κ3) is 7.19. The van der Waals surface area contributed by atoms with Gasteiger partial charge in [-0.1, -0.05) is 40.9 Å². The number of benzene rings is 2. The maximum Gasteiger partial charge on any atom is 0.240 e. The summed E-state index contributed by atoms with van der Waals surface area (Å²) in [5.41, 5.74) is 1.52. The van der Waals surface area contributed by atoms with Crippen LogP contribution >= 0.6 is 23.2 Å². The molecule has 2 aromatic carbocycles. The molecule has 168 valence electrons. The molecule has 3 rings (SSSR count). The van der Waals surface area contributed by atoms with Crippen LogP contribution in [0.2, 0.25) is 10.0 Å². The number of nitrogens with one attached hydrogen (secondary N) is 2. The summed E-state index contributed by atoms with van der Waals surface area (Å²) >= 11 is 12.0. The number of halogens is 2. The van der Waals surface area contributed by atoms with Crippen molar-refractivity contribution in [2.75, 3.05) is 31.5 Å². The zero-order valence-corrected chi connectivity index (χ0v) is 19.7. The van der Waals surface area contributed by atoms with E-state index in [0.29, 0.717) is 35.2 Å². The molecule has 31 heavy (non-hydrogen) atoms. The van der Waals surface area contributed by atoms with E-state index in [0.717, 1.165) is 31.5 Å². The number of aryl methyl sites for hydroxylation is 1. The number of carbonyl (C=O) groups is 1. The van der Waals surface area contributed by atoms with Gasteiger partial charge in [0.1, 0.15) is 0 Å². The highest BCUT2D eigenvalue weighted by atomic mass is 35.5. The van der Waals surface area contributed by atoms with Gasteiger partial charge in [0.25, 0.3) is 0 Å². The minimum atomic E-state index is -3.52. The Morgan fingerprint density at radius 2 is 1.90 bits per heavy atom. The van der Waals surface area contributed by atoms with Gasteiger partial charge in [-0.05, 0) is 62.6 Å². The predicted molar refractivity (Wildman–Crippen MR) is 125 cm³/mol. The standard InChI is InChI=1S/C22H27Cl2N3O3S/c1-16-4-7-19(8-5-16)31(29,30)25-14-17-3-2-11-27(15-17)12-10-22(28)26-21-13-18(23)6-9-20(21)24/h4-9,13,17,25H,2-3,10-12,14-15H2,1H3,(H,26,28). The van der Waals surface area contributed by atoms with E-state index in [4.69, 9.17) is 23.2 Å². The zero-order valence-electron chi connectivity index (χ0n) is 17.4. The summed E-state index contributed by atoms with van der Waals surface area (Å²) in [6.45, 7) is 4.56. The van der Waals surface area contributed by atoms with Crippen LogP contribution in [0.1, 0.15) is 24.8 Å². The van der Waals surface area contributed by atoms with Crippen molar-refractivity contribution >= 4 is 44.8 Å². The molecule has 6 nitrogen and oxygen atoms in total. The van der Waals surface area contributed by atoms with Crippen LogP contribution in [0.3, 0.4) is 0 Å². The highest BCUT2D eigenvalue weighted by molar-refractivity contribution is 7.89. The first-order chi connectivity index (χ1) is 14.7. The highest BCUT2D eigenvalue weighted by Crippen LogP contribution is 2.25. The topological polar surface area (TPSA) is 78.5 Å². The van der Waals surface area contributed by atoms with Gasteiger partial charge < -0.3 is 10.2 Å². The number of amides is 1. The average molecular weight is 484 g/mol. The molecule has 1 atom stereocenters. The van der Waals surface area contributed by atoms with Gasteiger partial charge in [0.05, 0.1) is 15.6 Å². The van der Waals surface area contributed by atoms with Gasteiger partial charge in [-0.3, -0.25) is 4.79 Å². The van der Waals surface area contributed by atoms with E-state index in [9.17, 15) is 13.2 Å². The quantitative estimate of drug-likeness (QED) is 0.585. The van der Waals surface area contributed by atoms with Crippen molar-refractivity contribution < 1.29 is 13.2 Å². The van der Waals surface area contributed by atoms with E-state index in [1.807, 2.05) is 6.92 Å². The summed E-state index contributed by atoms with van der Waals surface area (Å²) in [7, 11) is -3.52. The fourth-order valence-corrected chi connectivity index (χ4v) is 5.07. The summed E-state index contributed by atoms with van der Waals surface area (Å²) in [4.78, 5) is 14.8. The Balaban J connectivity index is 1.46. The molecule has 0 saturated carbocycles. The lowest BCUT2D eigenvalue weighted by molar-refractivity contribution is -0.116. The van der Waals surface area contributed by atoms with E-state index >= 15 is 0 Å². The molecule has 1 aliphatic rings. The van der Waals surface area contributed by atoms with Gasteiger partial charge in [0.2, 0.25) is 15.9 Å². The number of likely N-dealkylation sites (tertiary alicyclic amines) is 1. The van der Waals surface area contributed by atoms with Gasteiger partial charge in [-0.2, -0.15) is 0 Å². The maximum atomic E-state index is 12.5. The molecule has 1 aliphatic heterocycles. The minimum Gasteiger partial charge on any atom is -0.325 e. The molecule has 1 amide bonds. The normalized spacial score (nSPS) is 17.5. The van der Waals surface area contributed by atoms with Gasteiger partial charge >= 0.3 is 0 Å². The molecule has 1 unspecified atom stereocenters. The van der Waals surface area contributed by atoms with E-state index in [2.05, 4.69) is 14.9 Å². The zero-order chi connectivity index (χ0) is 22.4. The summed E-state index contributed by atoms with van der Waals surface area (Å²) < 4.78 is 27.8. The SMILES string of the molecule is Cc1ccc(S(=O)(=O)NCC2CCCN(CCC(=O)Nc3cc(Cl)ccc3Cl)C2)cc1. The van der Waals surface area contributed by atoms with Crippen LogP contribution in [0.25, 0.3) is 0 Å². The largest absolute Gasteiger partial charge is 0.325 e. The van der Waals surface area contributed by atoms with Gasteiger partial charge in [0, 0.05) is 31.1 Å². The molecule has 9 heteroatoms. The second-order valence-electron chi connectivity index (χ2n) is 7.90. The van der Waals surface area contributed by atoms with Crippen molar-refractivity contribution in [1.82, 2.24) is 9.62 Å². The summed E-state index contributed by atoms with van der Waals surface area (Å²) in [6, 6.07) is 11.8. The van der Waals surface area contributed by atoms with E-state index in [-0.39, 0.29) is 16.7 Å². The molecule has 0 aliphatic carbocycles. The molecular weight excluding hydrogens is 457 g/mol. The molecule has 1 fully saturated rings. The Kier molecular flexibility index (Phi) is 8.36. The second-order valence-corrected chi connectivity index (χ2v) is 10.5. The molecule has 2 N–H and O–H groups in total. The fourth-order valence-electron chi connectivity index (χ4n) is 3.61. The smallest absolute Gasteiger partial charge is 0.240 e. The Morgan fingerprint density at radius 3 is 2.65 bits per heavy atom. The van der Waals surface area contributed by atoms with Gasteiger partial charge in [0.15, 0.2) is 0 Å².